The Morgan fingerprint density at radius 2 is 2.04 bits per heavy atom. The Morgan fingerprint density at radius 1 is 1.26 bits per heavy atom. The van der Waals surface area contributed by atoms with Gasteiger partial charge < -0.3 is 15.0 Å². The number of carbonyl (C=O) groups excluding carboxylic acids is 1. The van der Waals surface area contributed by atoms with Crippen molar-refractivity contribution in [3.05, 3.63) is 52.1 Å². The summed E-state index contributed by atoms with van der Waals surface area (Å²) >= 11 is 3.52. The molecule has 1 fully saturated rings. The number of anilines is 2. The van der Waals surface area contributed by atoms with E-state index in [1.54, 1.807) is 18.3 Å². The van der Waals surface area contributed by atoms with E-state index in [1.165, 1.54) is 5.56 Å². The molecule has 0 saturated carbocycles. The van der Waals surface area contributed by atoms with E-state index in [2.05, 4.69) is 26.2 Å². The summed E-state index contributed by atoms with van der Waals surface area (Å²) in [5, 5.41) is 3.23. The molecule has 1 amide bonds. The number of nitrogens with one attached hydrogen (secondary N) is 1. The maximum atomic E-state index is 12.5. The zero-order chi connectivity index (χ0) is 16.2. The van der Waals surface area contributed by atoms with Crippen molar-refractivity contribution in [3.8, 4) is 0 Å². The number of nitrogens with zero attached hydrogens (tertiary/aromatic N) is 2. The summed E-state index contributed by atoms with van der Waals surface area (Å²) in [7, 11) is 0. The highest BCUT2D eigenvalue weighted by atomic mass is 79.9. The van der Waals surface area contributed by atoms with Crippen molar-refractivity contribution in [2.75, 3.05) is 31.6 Å². The highest BCUT2D eigenvalue weighted by Crippen LogP contribution is 2.23. The summed E-state index contributed by atoms with van der Waals surface area (Å²) in [5.74, 6) is 0.670. The number of ether oxygens (including phenoxy) is 1. The Morgan fingerprint density at radius 3 is 2.78 bits per heavy atom. The van der Waals surface area contributed by atoms with Crippen LogP contribution in [0.5, 0.6) is 0 Å². The zero-order valence-corrected chi connectivity index (χ0v) is 14.5. The summed E-state index contributed by atoms with van der Waals surface area (Å²) in [6, 6.07) is 9.53. The molecular formula is C17H18BrN3O2. The van der Waals surface area contributed by atoms with Gasteiger partial charge in [-0.1, -0.05) is 22.0 Å². The molecule has 23 heavy (non-hydrogen) atoms. The summed E-state index contributed by atoms with van der Waals surface area (Å²) in [5.41, 5.74) is 2.72. The topological polar surface area (TPSA) is 54.5 Å². The van der Waals surface area contributed by atoms with E-state index in [1.807, 2.05) is 30.0 Å². The van der Waals surface area contributed by atoms with Crippen LogP contribution in [0, 0.1) is 6.92 Å². The highest BCUT2D eigenvalue weighted by Gasteiger charge is 2.18. The average Bonchev–Trinajstić information content (AvgIpc) is 2.58. The number of halogens is 1. The predicted molar refractivity (Wildman–Crippen MR) is 93.1 cm³/mol. The number of pyridine rings is 1. The Kier molecular flexibility index (Phi) is 4.93. The van der Waals surface area contributed by atoms with E-state index in [0.29, 0.717) is 37.7 Å². The molecule has 3 rings (SSSR count). The number of hydrogen-bond acceptors (Lipinski definition) is 4. The molecule has 0 bridgehead atoms. The molecule has 5 nitrogen and oxygen atoms in total. The normalized spacial score (nSPS) is 14.6. The first-order valence-corrected chi connectivity index (χ1v) is 8.29. The molecule has 1 aromatic carbocycles. The lowest BCUT2D eigenvalue weighted by atomic mass is 10.2. The maximum Gasteiger partial charge on any atom is 0.254 e. The number of benzene rings is 1. The smallest absolute Gasteiger partial charge is 0.254 e. The fraction of sp³-hybridized carbons (Fsp3) is 0.294. The fourth-order valence-corrected chi connectivity index (χ4v) is 2.78. The Bertz CT molecular complexity index is 715. The van der Waals surface area contributed by atoms with Gasteiger partial charge in [-0.3, -0.25) is 4.79 Å². The van der Waals surface area contributed by atoms with Gasteiger partial charge in [0.1, 0.15) is 5.82 Å². The Balaban J connectivity index is 1.76. The molecule has 2 aromatic rings. The van der Waals surface area contributed by atoms with Crippen molar-refractivity contribution >= 4 is 33.3 Å². The van der Waals surface area contributed by atoms with Gasteiger partial charge in [0.25, 0.3) is 5.91 Å². The first-order chi connectivity index (χ1) is 11.1. The number of aryl methyl sites for hydroxylation is 1. The molecule has 0 spiro atoms. The molecule has 1 aromatic heterocycles. The third-order valence-corrected chi connectivity index (χ3v) is 4.60. The van der Waals surface area contributed by atoms with Crippen LogP contribution >= 0.6 is 15.9 Å². The van der Waals surface area contributed by atoms with Gasteiger partial charge in [0.15, 0.2) is 0 Å². The minimum absolute atomic E-state index is 0.0174. The number of morpholine rings is 1. The van der Waals surface area contributed by atoms with Crippen LogP contribution in [0.4, 0.5) is 11.5 Å². The molecule has 0 unspecified atom stereocenters. The van der Waals surface area contributed by atoms with Crippen molar-refractivity contribution in [2.45, 2.75) is 6.92 Å². The summed E-state index contributed by atoms with van der Waals surface area (Å²) in [6.07, 6.45) is 1.65. The minimum Gasteiger partial charge on any atom is -0.378 e. The van der Waals surface area contributed by atoms with Crippen LogP contribution in [0.15, 0.2) is 41.0 Å². The second kappa shape index (κ2) is 7.10. The van der Waals surface area contributed by atoms with E-state index < -0.39 is 0 Å². The summed E-state index contributed by atoms with van der Waals surface area (Å²) in [6.45, 7) is 4.50. The number of carbonyl (C=O) groups is 1. The molecule has 1 N–H and O–H groups in total. The van der Waals surface area contributed by atoms with Crippen molar-refractivity contribution in [2.24, 2.45) is 0 Å². The highest BCUT2D eigenvalue weighted by molar-refractivity contribution is 9.10. The quantitative estimate of drug-likeness (QED) is 0.893. The molecule has 1 saturated heterocycles. The van der Waals surface area contributed by atoms with E-state index in [9.17, 15) is 4.79 Å². The monoisotopic (exact) mass is 375 g/mol. The van der Waals surface area contributed by atoms with Crippen LogP contribution < -0.4 is 5.32 Å². The maximum absolute atomic E-state index is 12.5. The van der Waals surface area contributed by atoms with E-state index >= 15 is 0 Å². The predicted octanol–water partition coefficient (Wildman–Crippen LogP) is 3.37. The molecule has 1 aliphatic rings. The largest absolute Gasteiger partial charge is 0.378 e. The van der Waals surface area contributed by atoms with Crippen molar-refractivity contribution in [1.29, 1.82) is 0 Å². The van der Waals surface area contributed by atoms with Gasteiger partial charge >= 0.3 is 0 Å². The standard InChI is InChI=1S/C17H18BrN3O2/c1-12-2-3-14(11-15(12)18)20-16-10-13(4-5-19-16)17(22)21-6-8-23-9-7-21/h2-5,10-11H,6-9H2,1H3,(H,19,20). The second-order valence-electron chi connectivity index (χ2n) is 5.42. The van der Waals surface area contributed by atoms with Gasteiger partial charge in [0, 0.05) is 35.0 Å². The van der Waals surface area contributed by atoms with E-state index in [0.717, 1.165) is 10.2 Å². The lowest BCUT2D eigenvalue weighted by Gasteiger charge is -2.26. The first-order valence-electron chi connectivity index (χ1n) is 7.50. The molecule has 0 aliphatic carbocycles. The molecule has 1 aliphatic heterocycles. The minimum atomic E-state index is 0.0174. The fourth-order valence-electron chi connectivity index (χ4n) is 2.40. The zero-order valence-electron chi connectivity index (χ0n) is 12.9. The molecule has 0 atom stereocenters. The van der Waals surface area contributed by atoms with Crippen LogP contribution in [-0.4, -0.2) is 42.1 Å². The van der Waals surface area contributed by atoms with E-state index in [4.69, 9.17) is 4.74 Å². The van der Waals surface area contributed by atoms with Gasteiger partial charge in [-0.25, -0.2) is 4.98 Å². The lowest BCUT2D eigenvalue weighted by Crippen LogP contribution is -2.40. The number of rotatable bonds is 3. The lowest BCUT2D eigenvalue weighted by molar-refractivity contribution is 0.0303. The Hall–Kier alpha value is -1.92. The Labute approximate surface area is 143 Å². The summed E-state index contributed by atoms with van der Waals surface area (Å²) < 4.78 is 6.32. The molecule has 6 heteroatoms. The number of aromatic nitrogens is 1. The van der Waals surface area contributed by atoms with Gasteiger partial charge in [0.2, 0.25) is 0 Å². The van der Waals surface area contributed by atoms with Crippen LogP contribution in [0.2, 0.25) is 0 Å². The van der Waals surface area contributed by atoms with Gasteiger partial charge in [-0.05, 0) is 36.8 Å². The molecule has 120 valence electrons. The van der Waals surface area contributed by atoms with Gasteiger partial charge in [0.05, 0.1) is 13.2 Å². The van der Waals surface area contributed by atoms with Crippen molar-refractivity contribution < 1.29 is 9.53 Å². The second-order valence-corrected chi connectivity index (χ2v) is 6.28. The van der Waals surface area contributed by atoms with Crippen LogP contribution in [0.1, 0.15) is 15.9 Å². The summed E-state index contributed by atoms with van der Waals surface area (Å²) in [4.78, 5) is 18.6. The molecular weight excluding hydrogens is 358 g/mol. The van der Waals surface area contributed by atoms with Gasteiger partial charge in [-0.2, -0.15) is 0 Å². The van der Waals surface area contributed by atoms with E-state index in [-0.39, 0.29) is 5.91 Å². The van der Waals surface area contributed by atoms with Crippen LogP contribution in [0.25, 0.3) is 0 Å². The number of hydrogen-bond donors (Lipinski definition) is 1. The SMILES string of the molecule is Cc1ccc(Nc2cc(C(=O)N3CCOCC3)ccn2)cc1Br. The van der Waals surface area contributed by atoms with Crippen LogP contribution in [0.3, 0.4) is 0 Å². The van der Waals surface area contributed by atoms with Crippen molar-refractivity contribution in [1.82, 2.24) is 9.88 Å². The third kappa shape index (κ3) is 3.89. The molecule has 2 heterocycles. The molecule has 0 radical (unpaired) electrons. The van der Waals surface area contributed by atoms with Crippen molar-refractivity contribution in [3.63, 3.8) is 0 Å². The average molecular weight is 376 g/mol. The first kappa shape index (κ1) is 16.0. The number of amides is 1. The van der Waals surface area contributed by atoms with Crippen LogP contribution in [-0.2, 0) is 4.74 Å². The third-order valence-electron chi connectivity index (χ3n) is 3.75. The van der Waals surface area contributed by atoms with Gasteiger partial charge in [-0.15, -0.1) is 0 Å².